The Labute approximate surface area is 146 Å². The van der Waals surface area contributed by atoms with E-state index in [0.717, 1.165) is 18.4 Å². The summed E-state index contributed by atoms with van der Waals surface area (Å²) in [5.74, 6) is -3.67. The summed E-state index contributed by atoms with van der Waals surface area (Å²) in [5, 5.41) is 19.5. The van der Waals surface area contributed by atoms with Crippen molar-refractivity contribution in [1.29, 1.82) is 5.26 Å². The number of carboxylic acids is 1. The molecule has 9 heteroatoms. The number of hydrogen-bond acceptors (Lipinski definition) is 3. The first-order valence-corrected chi connectivity index (χ1v) is 7.76. The lowest BCUT2D eigenvalue weighted by molar-refractivity contribution is -0.665. The Morgan fingerprint density at radius 3 is 2.38 bits per heavy atom. The highest BCUT2D eigenvalue weighted by Crippen LogP contribution is 2.32. The maximum absolute atomic E-state index is 13.9. The molecule has 0 aromatic heterocycles. The van der Waals surface area contributed by atoms with Crippen LogP contribution in [0.25, 0.3) is 0 Å². The molecule has 142 valence electrons. The van der Waals surface area contributed by atoms with E-state index < -0.39 is 12.1 Å². The Kier molecular flexibility index (Phi) is 8.19. The van der Waals surface area contributed by atoms with E-state index in [2.05, 4.69) is 6.07 Å². The van der Waals surface area contributed by atoms with Crippen LogP contribution in [0.5, 0.6) is 0 Å². The van der Waals surface area contributed by atoms with Crippen molar-refractivity contribution in [2.75, 3.05) is 6.54 Å². The van der Waals surface area contributed by atoms with E-state index in [4.69, 9.17) is 15.2 Å². The second kappa shape index (κ2) is 9.87. The third-order valence-electron chi connectivity index (χ3n) is 3.71. The molecular formula is C17H17F5N2O2. The fourth-order valence-electron chi connectivity index (χ4n) is 2.43. The number of nitrogens with zero attached hydrogens (tertiary/aromatic N) is 1. The number of carbonyl (C=O) groups is 1. The zero-order chi connectivity index (χ0) is 19.7. The van der Waals surface area contributed by atoms with E-state index in [1.807, 2.05) is 5.32 Å². The van der Waals surface area contributed by atoms with Crippen molar-refractivity contribution in [3.05, 3.63) is 47.0 Å². The number of carbonyl (C=O) groups excluding carboxylic acids is 1. The van der Waals surface area contributed by atoms with Crippen LogP contribution < -0.4 is 10.4 Å². The van der Waals surface area contributed by atoms with E-state index in [-0.39, 0.29) is 24.1 Å². The van der Waals surface area contributed by atoms with Crippen LogP contribution in [-0.2, 0) is 11.3 Å². The lowest BCUT2D eigenvalue weighted by Crippen LogP contribution is -2.82. The van der Waals surface area contributed by atoms with Crippen LogP contribution >= 0.6 is 0 Å². The molecule has 0 bridgehead atoms. The van der Waals surface area contributed by atoms with Gasteiger partial charge in [-0.3, -0.25) is 0 Å². The molecule has 0 radical (unpaired) electrons. The number of nitrogens with two attached hydrogens (primary N) is 1. The topological polar surface area (TPSA) is 80.5 Å². The van der Waals surface area contributed by atoms with E-state index in [0.29, 0.717) is 18.5 Å². The molecule has 1 atom stereocenters. The van der Waals surface area contributed by atoms with Crippen LogP contribution in [0.2, 0.25) is 0 Å². The minimum Gasteiger partial charge on any atom is -0.542 e. The van der Waals surface area contributed by atoms with Gasteiger partial charge in [0.25, 0.3) is 0 Å². The SMILES string of the molecule is N#CC1CCC/C1=C(/F)C[NH2+]Cc1ccc(F)cc1.O=C([O-])C(F)(F)F. The molecule has 2 rings (SSSR count). The molecule has 1 aromatic rings. The molecule has 26 heavy (non-hydrogen) atoms. The predicted molar refractivity (Wildman–Crippen MR) is 79.0 cm³/mol. The highest BCUT2D eigenvalue weighted by Gasteiger charge is 2.28. The Hall–Kier alpha value is -2.47. The summed E-state index contributed by atoms with van der Waals surface area (Å²) in [4.78, 5) is 8.78. The van der Waals surface area contributed by atoms with Gasteiger partial charge in [0, 0.05) is 5.56 Å². The molecule has 1 unspecified atom stereocenters. The van der Waals surface area contributed by atoms with Crippen molar-refractivity contribution < 1.29 is 37.2 Å². The summed E-state index contributed by atoms with van der Waals surface area (Å²) in [6.07, 6.45) is -2.81. The van der Waals surface area contributed by atoms with Crippen LogP contribution in [-0.4, -0.2) is 18.7 Å². The highest BCUT2D eigenvalue weighted by molar-refractivity contribution is 5.70. The first-order chi connectivity index (χ1) is 12.1. The number of benzene rings is 1. The highest BCUT2D eigenvalue weighted by atomic mass is 19.4. The zero-order valence-corrected chi connectivity index (χ0v) is 13.7. The van der Waals surface area contributed by atoms with Gasteiger partial charge in [-0.2, -0.15) is 18.4 Å². The van der Waals surface area contributed by atoms with Crippen molar-refractivity contribution in [3.8, 4) is 6.07 Å². The lowest BCUT2D eigenvalue weighted by Gasteiger charge is -2.05. The van der Waals surface area contributed by atoms with E-state index >= 15 is 0 Å². The summed E-state index contributed by atoms with van der Waals surface area (Å²) >= 11 is 0. The normalized spacial score (nSPS) is 18.5. The number of allylic oxidation sites excluding steroid dienone is 1. The molecule has 1 fully saturated rings. The average Bonchev–Trinajstić information content (AvgIpc) is 3.05. The fraction of sp³-hybridized carbons (Fsp3) is 0.412. The molecule has 0 aliphatic heterocycles. The molecule has 1 aromatic carbocycles. The summed E-state index contributed by atoms with van der Waals surface area (Å²) in [6, 6.07) is 8.36. The number of rotatable bonds is 4. The molecule has 1 aliphatic carbocycles. The maximum atomic E-state index is 13.9. The van der Waals surface area contributed by atoms with Crippen LogP contribution in [0.1, 0.15) is 24.8 Å². The standard InChI is InChI=1S/C15H16F2N2.C2HF3O2/c16-13-6-4-11(5-7-13)9-19-10-15(17)14-3-1-2-12(14)8-18;3-2(4,5)1(6)7/h4-7,12,19H,1-3,9-10H2;(H,6,7)/b15-14-;. The summed E-state index contributed by atoms with van der Waals surface area (Å²) in [7, 11) is 0. The van der Waals surface area contributed by atoms with E-state index in [9.17, 15) is 22.0 Å². The van der Waals surface area contributed by atoms with E-state index in [1.54, 1.807) is 12.1 Å². The third kappa shape index (κ3) is 7.19. The van der Waals surface area contributed by atoms with Crippen LogP contribution in [0.15, 0.2) is 35.7 Å². The van der Waals surface area contributed by atoms with Gasteiger partial charge in [-0.25, -0.2) is 8.78 Å². The molecule has 0 spiro atoms. The Morgan fingerprint density at radius 1 is 1.31 bits per heavy atom. The summed E-state index contributed by atoms with van der Waals surface area (Å²) < 4.78 is 58.2. The number of carboxylic acid groups (broad SMARTS) is 1. The van der Waals surface area contributed by atoms with Gasteiger partial charge in [0.1, 0.15) is 24.9 Å². The molecule has 2 N–H and O–H groups in total. The molecular weight excluding hydrogens is 359 g/mol. The molecule has 0 heterocycles. The number of aliphatic carboxylic acids is 1. The quantitative estimate of drug-likeness (QED) is 0.813. The van der Waals surface area contributed by atoms with Gasteiger partial charge in [0.15, 0.2) is 5.83 Å². The average molecular weight is 376 g/mol. The van der Waals surface area contributed by atoms with E-state index in [1.165, 1.54) is 12.1 Å². The predicted octanol–water partition coefficient (Wildman–Crippen LogP) is 1.73. The minimum atomic E-state index is -5.19. The third-order valence-corrected chi connectivity index (χ3v) is 3.71. The molecule has 0 amide bonds. The zero-order valence-electron chi connectivity index (χ0n) is 13.7. The molecule has 4 nitrogen and oxygen atoms in total. The second-order valence-electron chi connectivity index (χ2n) is 5.61. The number of halogens is 5. The first kappa shape index (κ1) is 21.6. The van der Waals surface area contributed by atoms with Gasteiger partial charge < -0.3 is 15.2 Å². The van der Waals surface area contributed by atoms with Crippen LogP contribution in [0.4, 0.5) is 22.0 Å². The van der Waals surface area contributed by atoms with Gasteiger partial charge >= 0.3 is 6.18 Å². The van der Waals surface area contributed by atoms with Crippen molar-refractivity contribution >= 4 is 5.97 Å². The number of hydrogen-bond donors (Lipinski definition) is 1. The number of nitriles is 1. The Bertz CT molecular complexity index is 678. The van der Waals surface area contributed by atoms with Crippen molar-refractivity contribution in [3.63, 3.8) is 0 Å². The number of quaternary nitrogens is 1. The fourth-order valence-corrected chi connectivity index (χ4v) is 2.43. The smallest absolute Gasteiger partial charge is 0.430 e. The van der Waals surface area contributed by atoms with Crippen molar-refractivity contribution in [1.82, 2.24) is 0 Å². The molecule has 0 saturated heterocycles. The molecule has 1 aliphatic rings. The lowest BCUT2D eigenvalue weighted by atomic mass is 10.0. The largest absolute Gasteiger partial charge is 0.542 e. The van der Waals surface area contributed by atoms with Crippen LogP contribution in [0, 0.1) is 23.1 Å². The maximum Gasteiger partial charge on any atom is 0.430 e. The van der Waals surface area contributed by atoms with Gasteiger partial charge in [-0.05, 0) is 37.0 Å². The first-order valence-electron chi connectivity index (χ1n) is 7.76. The van der Waals surface area contributed by atoms with Crippen molar-refractivity contribution in [2.45, 2.75) is 32.0 Å². The van der Waals surface area contributed by atoms with Gasteiger partial charge in [-0.15, -0.1) is 0 Å². The van der Waals surface area contributed by atoms with Gasteiger partial charge in [0.05, 0.1) is 12.0 Å². The molecule has 1 saturated carbocycles. The Morgan fingerprint density at radius 2 is 1.88 bits per heavy atom. The number of alkyl halides is 3. The monoisotopic (exact) mass is 376 g/mol. The van der Waals surface area contributed by atoms with Gasteiger partial charge in [0.2, 0.25) is 0 Å². The Balaban J connectivity index is 0.000000412. The van der Waals surface area contributed by atoms with Crippen LogP contribution in [0.3, 0.4) is 0 Å². The van der Waals surface area contributed by atoms with Gasteiger partial charge in [-0.1, -0.05) is 12.1 Å². The second-order valence-corrected chi connectivity index (χ2v) is 5.61. The van der Waals surface area contributed by atoms with Crippen molar-refractivity contribution in [2.24, 2.45) is 5.92 Å². The summed E-state index contributed by atoms with van der Waals surface area (Å²) in [5.41, 5.74) is 1.64. The summed E-state index contributed by atoms with van der Waals surface area (Å²) in [6.45, 7) is 0.864. The minimum absolute atomic E-state index is 0.161.